The molecule has 1 aromatic heterocycles. The van der Waals surface area contributed by atoms with Gasteiger partial charge in [-0.25, -0.2) is 0 Å². The Labute approximate surface area is 103 Å². The van der Waals surface area contributed by atoms with E-state index in [1.54, 1.807) is 7.11 Å². The van der Waals surface area contributed by atoms with Gasteiger partial charge in [0.2, 0.25) is 0 Å². The van der Waals surface area contributed by atoms with Crippen molar-refractivity contribution in [3.05, 3.63) is 30.1 Å². The van der Waals surface area contributed by atoms with E-state index in [2.05, 4.69) is 17.2 Å². The molecule has 0 bridgehead atoms. The molecule has 0 saturated heterocycles. The highest BCUT2D eigenvalue weighted by Gasteiger charge is 2.02. The van der Waals surface area contributed by atoms with Crippen molar-refractivity contribution in [3.8, 4) is 0 Å². The molecule has 17 heavy (non-hydrogen) atoms. The van der Waals surface area contributed by atoms with Crippen molar-refractivity contribution in [2.45, 2.75) is 19.4 Å². The molecule has 0 aromatic carbocycles. The van der Waals surface area contributed by atoms with Crippen molar-refractivity contribution < 1.29 is 9.47 Å². The lowest BCUT2D eigenvalue weighted by Gasteiger charge is -2.13. The second-order valence-corrected chi connectivity index (χ2v) is 3.92. The average Bonchev–Trinajstić information content (AvgIpc) is 2.38. The lowest BCUT2D eigenvalue weighted by Crippen LogP contribution is -2.21. The first-order chi connectivity index (χ1) is 8.34. The van der Waals surface area contributed by atoms with Crippen LogP contribution in [-0.4, -0.2) is 38.5 Å². The molecule has 0 fully saturated rings. The second-order valence-electron chi connectivity index (χ2n) is 3.92. The SMILES string of the molecule is COCCOCCCNC(C)c1ccncc1. The predicted octanol–water partition coefficient (Wildman–Crippen LogP) is 1.79. The molecular formula is C13H22N2O2. The van der Waals surface area contributed by atoms with Crippen LogP contribution in [-0.2, 0) is 9.47 Å². The molecule has 0 spiro atoms. The van der Waals surface area contributed by atoms with E-state index >= 15 is 0 Å². The van der Waals surface area contributed by atoms with Gasteiger partial charge in [0.05, 0.1) is 13.2 Å². The summed E-state index contributed by atoms with van der Waals surface area (Å²) in [5.41, 5.74) is 1.26. The lowest BCUT2D eigenvalue weighted by molar-refractivity contribution is 0.0693. The Hall–Kier alpha value is -0.970. The van der Waals surface area contributed by atoms with Crippen LogP contribution < -0.4 is 5.32 Å². The van der Waals surface area contributed by atoms with Gasteiger partial charge in [0.1, 0.15) is 0 Å². The fourth-order valence-electron chi connectivity index (χ4n) is 1.51. The van der Waals surface area contributed by atoms with Gasteiger partial charge >= 0.3 is 0 Å². The van der Waals surface area contributed by atoms with Gasteiger partial charge in [0.15, 0.2) is 0 Å². The zero-order valence-electron chi connectivity index (χ0n) is 10.7. The lowest BCUT2D eigenvalue weighted by atomic mass is 10.1. The van der Waals surface area contributed by atoms with E-state index < -0.39 is 0 Å². The first-order valence-electron chi connectivity index (χ1n) is 6.04. The first-order valence-corrected chi connectivity index (χ1v) is 6.04. The molecule has 4 heteroatoms. The van der Waals surface area contributed by atoms with Crippen molar-refractivity contribution in [3.63, 3.8) is 0 Å². The Morgan fingerprint density at radius 1 is 1.24 bits per heavy atom. The summed E-state index contributed by atoms with van der Waals surface area (Å²) < 4.78 is 10.3. The molecule has 4 nitrogen and oxygen atoms in total. The van der Waals surface area contributed by atoms with Crippen LogP contribution in [0.1, 0.15) is 24.9 Å². The molecule has 0 radical (unpaired) electrons. The van der Waals surface area contributed by atoms with Crippen LogP contribution in [0.3, 0.4) is 0 Å². The van der Waals surface area contributed by atoms with Crippen molar-refractivity contribution in [1.82, 2.24) is 10.3 Å². The van der Waals surface area contributed by atoms with Gasteiger partial charge < -0.3 is 14.8 Å². The van der Waals surface area contributed by atoms with Crippen molar-refractivity contribution in [1.29, 1.82) is 0 Å². The zero-order valence-corrected chi connectivity index (χ0v) is 10.7. The summed E-state index contributed by atoms with van der Waals surface area (Å²) in [6.07, 6.45) is 4.65. The standard InChI is InChI=1S/C13H22N2O2/c1-12(13-4-7-14-8-5-13)15-6-3-9-17-11-10-16-2/h4-5,7-8,12,15H,3,6,9-11H2,1-2H3. The summed E-state index contributed by atoms with van der Waals surface area (Å²) in [6, 6.07) is 4.43. The molecule has 96 valence electrons. The normalized spacial score (nSPS) is 12.6. The van der Waals surface area contributed by atoms with Gasteiger partial charge in [-0.2, -0.15) is 0 Å². The van der Waals surface area contributed by atoms with E-state index in [0.29, 0.717) is 19.3 Å². The van der Waals surface area contributed by atoms with E-state index in [-0.39, 0.29) is 0 Å². The molecule has 0 saturated carbocycles. The van der Waals surface area contributed by atoms with Gasteiger partial charge in [0.25, 0.3) is 0 Å². The number of rotatable bonds is 9. The van der Waals surface area contributed by atoms with Crippen LogP contribution in [0.4, 0.5) is 0 Å². The quantitative estimate of drug-likeness (QED) is 0.666. The van der Waals surface area contributed by atoms with Gasteiger partial charge in [-0.15, -0.1) is 0 Å². The maximum absolute atomic E-state index is 5.39. The molecule has 0 amide bonds. The predicted molar refractivity (Wildman–Crippen MR) is 68.0 cm³/mol. The third kappa shape index (κ3) is 6.36. The first kappa shape index (κ1) is 14.1. The Kier molecular flexibility index (Phi) is 7.54. The number of methoxy groups -OCH3 is 1. The molecular weight excluding hydrogens is 216 g/mol. The molecule has 1 aromatic rings. The summed E-state index contributed by atoms with van der Waals surface area (Å²) in [4.78, 5) is 4.01. The van der Waals surface area contributed by atoms with Crippen LogP contribution in [0.5, 0.6) is 0 Å². The van der Waals surface area contributed by atoms with Crippen LogP contribution in [0.15, 0.2) is 24.5 Å². The third-order valence-electron chi connectivity index (χ3n) is 2.55. The molecule has 1 N–H and O–H groups in total. The number of aromatic nitrogens is 1. The summed E-state index contributed by atoms with van der Waals surface area (Å²) >= 11 is 0. The number of pyridine rings is 1. The molecule has 1 unspecified atom stereocenters. The monoisotopic (exact) mass is 238 g/mol. The van der Waals surface area contributed by atoms with Gasteiger partial charge in [-0.05, 0) is 37.6 Å². The minimum atomic E-state index is 0.358. The Morgan fingerprint density at radius 2 is 2.00 bits per heavy atom. The van der Waals surface area contributed by atoms with Crippen LogP contribution >= 0.6 is 0 Å². The highest BCUT2D eigenvalue weighted by atomic mass is 16.5. The summed E-state index contributed by atoms with van der Waals surface area (Å²) in [7, 11) is 1.68. The minimum absolute atomic E-state index is 0.358. The summed E-state index contributed by atoms with van der Waals surface area (Å²) in [5, 5.41) is 3.45. The van der Waals surface area contributed by atoms with E-state index in [1.165, 1.54) is 5.56 Å². The Morgan fingerprint density at radius 3 is 2.71 bits per heavy atom. The molecule has 0 aliphatic rings. The molecule has 1 rings (SSSR count). The molecule has 0 aliphatic carbocycles. The topological polar surface area (TPSA) is 43.4 Å². The molecule has 0 aliphatic heterocycles. The van der Waals surface area contributed by atoms with Crippen LogP contribution in [0, 0.1) is 0 Å². The number of hydrogen-bond acceptors (Lipinski definition) is 4. The number of hydrogen-bond donors (Lipinski definition) is 1. The molecule has 1 heterocycles. The number of nitrogens with one attached hydrogen (secondary N) is 1. The fraction of sp³-hybridized carbons (Fsp3) is 0.615. The van der Waals surface area contributed by atoms with E-state index in [1.807, 2.05) is 24.5 Å². The van der Waals surface area contributed by atoms with Gasteiger partial charge in [0, 0.05) is 32.2 Å². The Balaban J connectivity index is 2.03. The van der Waals surface area contributed by atoms with Crippen molar-refractivity contribution >= 4 is 0 Å². The Bertz CT molecular complexity index is 280. The van der Waals surface area contributed by atoms with Crippen molar-refractivity contribution in [2.75, 3.05) is 33.5 Å². The van der Waals surface area contributed by atoms with E-state index in [9.17, 15) is 0 Å². The second kappa shape index (κ2) is 9.10. The van der Waals surface area contributed by atoms with E-state index in [0.717, 1.165) is 19.6 Å². The summed E-state index contributed by atoms with van der Waals surface area (Å²) in [6.45, 7) is 5.23. The highest BCUT2D eigenvalue weighted by molar-refractivity contribution is 5.13. The fourth-order valence-corrected chi connectivity index (χ4v) is 1.51. The third-order valence-corrected chi connectivity index (χ3v) is 2.55. The van der Waals surface area contributed by atoms with Crippen LogP contribution in [0.2, 0.25) is 0 Å². The van der Waals surface area contributed by atoms with Crippen molar-refractivity contribution in [2.24, 2.45) is 0 Å². The van der Waals surface area contributed by atoms with Gasteiger partial charge in [-0.3, -0.25) is 4.98 Å². The average molecular weight is 238 g/mol. The van der Waals surface area contributed by atoms with Gasteiger partial charge in [-0.1, -0.05) is 0 Å². The number of ether oxygens (including phenoxy) is 2. The summed E-state index contributed by atoms with van der Waals surface area (Å²) in [5.74, 6) is 0. The minimum Gasteiger partial charge on any atom is -0.382 e. The highest BCUT2D eigenvalue weighted by Crippen LogP contribution is 2.09. The smallest absolute Gasteiger partial charge is 0.0700 e. The van der Waals surface area contributed by atoms with E-state index in [4.69, 9.17) is 9.47 Å². The molecule has 1 atom stereocenters. The maximum Gasteiger partial charge on any atom is 0.0700 e. The number of nitrogens with zero attached hydrogens (tertiary/aromatic N) is 1. The zero-order chi connectivity index (χ0) is 12.3. The van der Waals surface area contributed by atoms with Crippen LogP contribution in [0.25, 0.3) is 0 Å². The largest absolute Gasteiger partial charge is 0.382 e. The maximum atomic E-state index is 5.39.